The van der Waals surface area contributed by atoms with Crippen LogP contribution in [-0.2, 0) is 19.1 Å². The summed E-state index contributed by atoms with van der Waals surface area (Å²) >= 11 is 0. The number of rotatable bonds is 7. The molecule has 5 fully saturated rings. The highest BCUT2D eigenvalue weighted by Gasteiger charge is 2.69. The number of aliphatic hydroxyl groups excluding tert-OH is 3. The zero-order valence-corrected chi connectivity index (χ0v) is 31.4. The number of ether oxygens (including phenoxy) is 2. The predicted molar refractivity (Wildman–Crippen MR) is 186 cm³/mol. The molecule has 1 aliphatic heterocycles. The number of aliphatic hydroxyl groups is 3. The van der Waals surface area contributed by atoms with Crippen molar-refractivity contribution in [2.45, 2.75) is 169 Å². The van der Waals surface area contributed by atoms with Crippen molar-refractivity contribution in [2.24, 2.45) is 50.2 Å². The van der Waals surface area contributed by atoms with Crippen molar-refractivity contribution in [3.05, 3.63) is 11.6 Å². The summed E-state index contributed by atoms with van der Waals surface area (Å²) in [7, 11) is 0. The zero-order chi connectivity index (χ0) is 35.9. The van der Waals surface area contributed by atoms with Crippen LogP contribution >= 0.6 is 0 Å². The van der Waals surface area contributed by atoms with Crippen LogP contribution in [0.3, 0.4) is 0 Å². The highest BCUT2D eigenvalue weighted by molar-refractivity contribution is 5.77. The Morgan fingerprint density at radius 3 is 2.29 bits per heavy atom. The van der Waals surface area contributed by atoms with Gasteiger partial charge in [-0.1, -0.05) is 67.0 Å². The normalized spacial score (nSPS) is 48.6. The van der Waals surface area contributed by atoms with E-state index in [4.69, 9.17) is 9.47 Å². The standard InChI is InChI=1S/C40H65NO8/c1-9-10-29(43)41-30-32(45)31(44)25(22-42)48-33(30)49-28-14-15-37(6)26(36(28,4)5)13-16-39(8)27(37)12-11-23-24-21-35(2,3)17-19-40(24,34(46)47)20-18-38(23,39)7/h11,24-28,30-33,42,44-45H,9-10,12-22H2,1-8H3,(H,41,43)(H,46,47)/t24-,25+,26-,27+,28-,30+,31+,32+,33-,37-,38+,39+,40-/m0/s1. The first kappa shape index (κ1) is 37.2. The van der Waals surface area contributed by atoms with Crippen molar-refractivity contribution in [1.82, 2.24) is 5.32 Å². The number of carboxylic acids is 1. The van der Waals surface area contributed by atoms with Crippen LogP contribution < -0.4 is 5.32 Å². The van der Waals surface area contributed by atoms with Crippen LogP contribution in [0.1, 0.15) is 132 Å². The molecule has 0 radical (unpaired) electrons. The van der Waals surface area contributed by atoms with Gasteiger partial charge in [0.15, 0.2) is 6.29 Å². The smallest absolute Gasteiger partial charge is 0.310 e. The largest absolute Gasteiger partial charge is 0.481 e. The molecule has 13 atom stereocenters. The van der Waals surface area contributed by atoms with Crippen LogP contribution in [0.15, 0.2) is 11.6 Å². The van der Waals surface area contributed by atoms with E-state index in [2.05, 4.69) is 59.9 Å². The average molecular weight is 688 g/mol. The number of hydrogen-bond acceptors (Lipinski definition) is 7. The molecule has 5 N–H and O–H groups in total. The Balaban J connectivity index is 1.28. The molecular weight excluding hydrogens is 622 g/mol. The van der Waals surface area contributed by atoms with Gasteiger partial charge in [0.2, 0.25) is 5.91 Å². The van der Waals surface area contributed by atoms with E-state index in [1.165, 1.54) is 5.57 Å². The predicted octanol–water partition coefficient (Wildman–Crippen LogP) is 5.98. The maximum atomic E-state index is 13.0. The molecule has 1 amide bonds. The quantitative estimate of drug-likeness (QED) is 0.162. The Hall–Kier alpha value is -1.52. The van der Waals surface area contributed by atoms with Gasteiger partial charge in [-0.25, -0.2) is 0 Å². The first-order valence-electron chi connectivity index (χ1n) is 19.3. The number of carbonyl (C=O) groups excluding carboxylic acids is 1. The maximum absolute atomic E-state index is 13.0. The number of carbonyl (C=O) groups is 2. The van der Waals surface area contributed by atoms with Crippen molar-refractivity contribution >= 4 is 11.9 Å². The second-order valence-electron chi connectivity index (χ2n) is 19.2. The van der Waals surface area contributed by atoms with E-state index in [9.17, 15) is 30.0 Å². The molecule has 9 heteroatoms. The molecule has 9 nitrogen and oxygen atoms in total. The summed E-state index contributed by atoms with van der Waals surface area (Å²) in [5, 5.41) is 45.2. The fraction of sp³-hybridized carbons (Fsp3) is 0.900. The van der Waals surface area contributed by atoms with Crippen LogP contribution in [0.2, 0.25) is 0 Å². The third kappa shape index (κ3) is 5.57. The van der Waals surface area contributed by atoms with Crippen LogP contribution in [0, 0.1) is 50.2 Å². The Labute approximate surface area is 294 Å². The van der Waals surface area contributed by atoms with Crippen molar-refractivity contribution in [2.75, 3.05) is 6.61 Å². The van der Waals surface area contributed by atoms with Gasteiger partial charge in [0.1, 0.15) is 24.4 Å². The van der Waals surface area contributed by atoms with Crippen LogP contribution in [0.5, 0.6) is 0 Å². The Morgan fingerprint density at radius 1 is 0.939 bits per heavy atom. The summed E-state index contributed by atoms with van der Waals surface area (Å²) in [5.41, 5.74) is 0.724. The number of nitrogens with one attached hydrogen (secondary N) is 1. The minimum atomic E-state index is -1.35. The lowest BCUT2D eigenvalue weighted by atomic mass is 9.33. The SMILES string of the molecule is CCCC(=O)N[C@H]1[C@H](O[C@H]2CC[C@]3(C)[C@H]4CC=C5[C@@H]6CC(C)(C)CC[C@]6(C(=O)O)CC[C@@]5(C)[C@]4(C)CC[C@H]3C2(C)C)O[C@H](CO)[C@@H](O)[C@@H]1O. The Bertz CT molecular complexity index is 1330. The van der Waals surface area contributed by atoms with Crippen molar-refractivity contribution in [3.8, 4) is 0 Å². The second kappa shape index (κ2) is 12.6. The maximum Gasteiger partial charge on any atom is 0.310 e. The van der Waals surface area contributed by atoms with Gasteiger partial charge in [-0.05, 0) is 115 Å². The van der Waals surface area contributed by atoms with Gasteiger partial charge in [0.05, 0.1) is 18.1 Å². The fourth-order valence-corrected chi connectivity index (χ4v) is 12.8. The summed E-state index contributed by atoms with van der Waals surface area (Å²) in [5.74, 6) is 0.0596. The van der Waals surface area contributed by atoms with E-state index in [0.717, 1.165) is 64.2 Å². The van der Waals surface area contributed by atoms with Gasteiger partial charge in [0.25, 0.3) is 0 Å². The van der Waals surface area contributed by atoms with Crippen molar-refractivity contribution in [3.63, 3.8) is 0 Å². The number of hydrogen-bond donors (Lipinski definition) is 5. The molecule has 6 aliphatic rings. The van der Waals surface area contributed by atoms with E-state index >= 15 is 0 Å². The van der Waals surface area contributed by atoms with Crippen molar-refractivity contribution in [1.29, 1.82) is 0 Å². The molecule has 6 rings (SSSR count). The van der Waals surface area contributed by atoms with Gasteiger partial charge in [-0.2, -0.15) is 0 Å². The average Bonchev–Trinajstić information content (AvgIpc) is 3.02. The summed E-state index contributed by atoms with van der Waals surface area (Å²) in [6, 6.07) is -0.952. The number of carboxylic acid groups (broad SMARTS) is 1. The molecule has 0 aromatic heterocycles. The summed E-state index contributed by atoms with van der Waals surface area (Å²) in [6.45, 7) is 18.2. The lowest BCUT2D eigenvalue weighted by Crippen LogP contribution is -2.67. The first-order valence-corrected chi connectivity index (χ1v) is 19.3. The minimum Gasteiger partial charge on any atom is -0.481 e. The van der Waals surface area contributed by atoms with Gasteiger partial charge >= 0.3 is 5.97 Å². The number of amides is 1. The zero-order valence-electron chi connectivity index (χ0n) is 31.4. The molecule has 1 heterocycles. The molecule has 0 bridgehead atoms. The van der Waals surface area contributed by atoms with E-state index < -0.39 is 48.6 Å². The van der Waals surface area contributed by atoms with Crippen LogP contribution in [0.25, 0.3) is 0 Å². The molecular formula is C40H65NO8. The summed E-state index contributed by atoms with van der Waals surface area (Å²) in [6.07, 6.45) is 7.75. The topological polar surface area (TPSA) is 146 Å². The van der Waals surface area contributed by atoms with Gasteiger partial charge in [-0.3, -0.25) is 9.59 Å². The second-order valence-corrected chi connectivity index (χ2v) is 19.2. The Morgan fingerprint density at radius 2 is 1.63 bits per heavy atom. The molecule has 278 valence electrons. The van der Waals surface area contributed by atoms with Crippen LogP contribution in [0.4, 0.5) is 0 Å². The number of allylic oxidation sites excluding steroid dienone is 2. The molecule has 4 saturated carbocycles. The minimum absolute atomic E-state index is 0.0417. The Kier molecular flexibility index (Phi) is 9.55. The molecule has 1 saturated heterocycles. The molecule has 0 spiro atoms. The third-order valence-corrected chi connectivity index (χ3v) is 16.0. The third-order valence-electron chi connectivity index (χ3n) is 16.0. The molecule has 49 heavy (non-hydrogen) atoms. The molecule has 5 aliphatic carbocycles. The highest BCUT2D eigenvalue weighted by Crippen LogP contribution is 2.76. The van der Waals surface area contributed by atoms with Gasteiger partial charge in [0, 0.05) is 6.42 Å². The van der Waals surface area contributed by atoms with E-state index in [0.29, 0.717) is 18.3 Å². The summed E-state index contributed by atoms with van der Waals surface area (Å²) in [4.78, 5) is 25.7. The van der Waals surface area contributed by atoms with E-state index in [1.54, 1.807) is 0 Å². The van der Waals surface area contributed by atoms with E-state index in [-0.39, 0.29) is 51.4 Å². The number of aliphatic carboxylic acids is 1. The first-order chi connectivity index (χ1) is 22.8. The lowest BCUT2D eigenvalue weighted by Gasteiger charge is -2.71. The highest BCUT2D eigenvalue weighted by atomic mass is 16.7. The monoisotopic (exact) mass is 687 g/mol. The van der Waals surface area contributed by atoms with E-state index in [1.807, 2.05) is 6.92 Å². The fourth-order valence-electron chi connectivity index (χ4n) is 12.8. The van der Waals surface area contributed by atoms with Gasteiger partial charge < -0.3 is 35.2 Å². The van der Waals surface area contributed by atoms with Gasteiger partial charge in [-0.15, -0.1) is 0 Å². The molecule has 0 unspecified atom stereocenters. The number of fused-ring (bicyclic) bond motifs is 7. The summed E-state index contributed by atoms with van der Waals surface area (Å²) < 4.78 is 12.9. The van der Waals surface area contributed by atoms with Crippen molar-refractivity contribution < 1.29 is 39.5 Å². The molecule has 0 aromatic rings. The molecule has 0 aromatic carbocycles. The lowest BCUT2D eigenvalue weighted by molar-refractivity contribution is -0.306. The van der Waals surface area contributed by atoms with Crippen LogP contribution in [-0.4, -0.2) is 75.7 Å².